The molecule has 0 aliphatic rings. The predicted molar refractivity (Wildman–Crippen MR) is 81.8 cm³/mol. The predicted octanol–water partition coefficient (Wildman–Crippen LogP) is 1.60. The molecular formula is C16H17NO3S. The molecule has 0 saturated carbocycles. The Morgan fingerprint density at radius 1 is 1.19 bits per heavy atom. The SMILES string of the molecule is C#CCN(CC#CCC(C)=O)S(=O)(=O)c1ccc(C)cc1. The molecule has 110 valence electrons. The van der Waals surface area contributed by atoms with Crippen LogP contribution in [0.25, 0.3) is 0 Å². The third kappa shape index (κ3) is 5.07. The molecule has 1 aromatic carbocycles. The molecule has 0 radical (unpaired) electrons. The molecule has 0 saturated heterocycles. The summed E-state index contributed by atoms with van der Waals surface area (Å²) in [5.41, 5.74) is 0.971. The van der Waals surface area contributed by atoms with Gasteiger partial charge in [-0.2, -0.15) is 4.31 Å². The van der Waals surface area contributed by atoms with E-state index in [2.05, 4.69) is 17.8 Å². The molecule has 0 fully saturated rings. The van der Waals surface area contributed by atoms with Crippen LogP contribution in [0.15, 0.2) is 29.2 Å². The largest absolute Gasteiger partial charge is 0.299 e. The number of carbonyl (C=O) groups is 1. The summed E-state index contributed by atoms with van der Waals surface area (Å²) in [4.78, 5) is 11.0. The van der Waals surface area contributed by atoms with Crippen molar-refractivity contribution in [2.45, 2.75) is 25.2 Å². The van der Waals surface area contributed by atoms with Crippen LogP contribution < -0.4 is 0 Å². The Kier molecular flexibility index (Phi) is 6.17. The van der Waals surface area contributed by atoms with E-state index < -0.39 is 10.0 Å². The number of rotatable bonds is 5. The number of hydrogen-bond acceptors (Lipinski definition) is 3. The highest BCUT2D eigenvalue weighted by atomic mass is 32.2. The van der Waals surface area contributed by atoms with Crippen LogP contribution in [0.5, 0.6) is 0 Å². The Bertz CT molecular complexity index is 701. The lowest BCUT2D eigenvalue weighted by Gasteiger charge is -2.17. The average molecular weight is 303 g/mol. The third-order valence-electron chi connectivity index (χ3n) is 2.64. The molecule has 0 N–H and O–H groups in total. The van der Waals surface area contributed by atoms with E-state index in [0.717, 1.165) is 9.87 Å². The van der Waals surface area contributed by atoms with Gasteiger partial charge in [-0.1, -0.05) is 35.5 Å². The quantitative estimate of drug-likeness (QED) is 0.776. The van der Waals surface area contributed by atoms with Gasteiger partial charge in [0.2, 0.25) is 10.0 Å². The van der Waals surface area contributed by atoms with Gasteiger partial charge in [0.15, 0.2) is 0 Å². The molecule has 5 heteroatoms. The molecule has 0 aromatic heterocycles. The lowest BCUT2D eigenvalue weighted by molar-refractivity contribution is -0.116. The molecule has 1 aromatic rings. The summed E-state index contributed by atoms with van der Waals surface area (Å²) in [5.74, 6) is 7.56. The summed E-state index contributed by atoms with van der Waals surface area (Å²) < 4.78 is 26.0. The van der Waals surface area contributed by atoms with E-state index in [-0.39, 0.29) is 30.2 Å². The number of nitrogens with zero attached hydrogens (tertiary/aromatic N) is 1. The Morgan fingerprint density at radius 2 is 1.81 bits per heavy atom. The molecule has 0 aliphatic heterocycles. The van der Waals surface area contributed by atoms with E-state index >= 15 is 0 Å². The first-order valence-electron chi connectivity index (χ1n) is 6.33. The number of sulfonamides is 1. The van der Waals surface area contributed by atoms with Crippen molar-refractivity contribution in [3.05, 3.63) is 29.8 Å². The van der Waals surface area contributed by atoms with Gasteiger partial charge in [-0.15, -0.1) is 6.42 Å². The van der Waals surface area contributed by atoms with Crippen LogP contribution in [0.1, 0.15) is 18.9 Å². The molecule has 1 rings (SSSR count). The van der Waals surface area contributed by atoms with Crippen LogP contribution in [0.3, 0.4) is 0 Å². The van der Waals surface area contributed by atoms with Crippen LogP contribution in [-0.2, 0) is 14.8 Å². The third-order valence-corrected chi connectivity index (χ3v) is 4.45. The summed E-state index contributed by atoms with van der Waals surface area (Å²) in [5, 5.41) is 0. The molecule has 0 aliphatic carbocycles. The van der Waals surface area contributed by atoms with Crippen molar-refractivity contribution in [2.75, 3.05) is 13.1 Å². The van der Waals surface area contributed by atoms with Crippen molar-refractivity contribution in [1.82, 2.24) is 4.31 Å². The molecule has 0 unspecified atom stereocenters. The van der Waals surface area contributed by atoms with Gasteiger partial charge in [-0.25, -0.2) is 8.42 Å². The normalized spacial score (nSPS) is 10.6. The maximum absolute atomic E-state index is 12.5. The van der Waals surface area contributed by atoms with E-state index in [1.807, 2.05) is 6.92 Å². The van der Waals surface area contributed by atoms with Gasteiger partial charge in [0.05, 0.1) is 24.4 Å². The second kappa shape index (κ2) is 7.64. The van der Waals surface area contributed by atoms with E-state index in [1.54, 1.807) is 12.1 Å². The topological polar surface area (TPSA) is 54.5 Å². The summed E-state index contributed by atoms with van der Waals surface area (Å²) in [6.45, 7) is 3.21. The zero-order chi connectivity index (χ0) is 15.9. The number of benzene rings is 1. The molecule has 4 nitrogen and oxygen atoms in total. The fraction of sp³-hybridized carbons (Fsp3) is 0.312. The number of aryl methyl sites for hydroxylation is 1. The second-order valence-corrected chi connectivity index (χ2v) is 6.46. The highest BCUT2D eigenvalue weighted by Gasteiger charge is 2.22. The summed E-state index contributed by atoms with van der Waals surface area (Å²) in [7, 11) is -3.68. The van der Waals surface area contributed by atoms with E-state index in [4.69, 9.17) is 6.42 Å². The van der Waals surface area contributed by atoms with Gasteiger partial charge in [-0.3, -0.25) is 4.79 Å². The van der Waals surface area contributed by atoms with Crippen molar-refractivity contribution >= 4 is 15.8 Å². The van der Waals surface area contributed by atoms with Crippen LogP contribution in [0.4, 0.5) is 0 Å². The second-order valence-electron chi connectivity index (χ2n) is 4.52. The Morgan fingerprint density at radius 3 is 2.33 bits per heavy atom. The molecule has 0 spiro atoms. The summed E-state index contributed by atoms with van der Waals surface area (Å²) in [6.07, 6.45) is 5.33. The molecule has 0 amide bonds. The van der Waals surface area contributed by atoms with Crippen LogP contribution >= 0.6 is 0 Å². The van der Waals surface area contributed by atoms with Crippen LogP contribution in [0, 0.1) is 31.1 Å². The van der Waals surface area contributed by atoms with Crippen LogP contribution in [0.2, 0.25) is 0 Å². The zero-order valence-corrected chi connectivity index (χ0v) is 12.9. The molecular weight excluding hydrogens is 286 g/mol. The van der Waals surface area contributed by atoms with Gasteiger partial charge in [0.25, 0.3) is 0 Å². The van der Waals surface area contributed by atoms with Crippen molar-refractivity contribution in [3.8, 4) is 24.2 Å². The first-order chi connectivity index (χ1) is 9.87. The molecule has 21 heavy (non-hydrogen) atoms. The fourth-order valence-corrected chi connectivity index (χ4v) is 2.78. The summed E-state index contributed by atoms with van der Waals surface area (Å²) >= 11 is 0. The first kappa shape index (κ1) is 17.0. The van der Waals surface area contributed by atoms with Gasteiger partial charge in [0.1, 0.15) is 5.78 Å². The lowest BCUT2D eigenvalue weighted by Crippen LogP contribution is -2.32. The monoisotopic (exact) mass is 303 g/mol. The maximum atomic E-state index is 12.5. The molecule has 0 atom stereocenters. The van der Waals surface area contributed by atoms with E-state index in [9.17, 15) is 13.2 Å². The highest BCUT2D eigenvalue weighted by molar-refractivity contribution is 7.89. The minimum absolute atomic E-state index is 0.0340. The average Bonchev–Trinajstić information content (AvgIpc) is 2.42. The van der Waals surface area contributed by atoms with Crippen LogP contribution in [-0.4, -0.2) is 31.6 Å². The number of ketones is 1. The van der Waals surface area contributed by atoms with Gasteiger partial charge >= 0.3 is 0 Å². The molecule has 0 heterocycles. The summed E-state index contributed by atoms with van der Waals surface area (Å²) in [6, 6.07) is 6.53. The van der Waals surface area contributed by atoms with Crippen molar-refractivity contribution in [1.29, 1.82) is 0 Å². The highest BCUT2D eigenvalue weighted by Crippen LogP contribution is 2.15. The smallest absolute Gasteiger partial charge is 0.244 e. The zero-order valence-electron chi connectivity index (χ0n) is 12.1. The van der Waals surface area contributed by atoms with Gasteiger partial charge < -0.3 is 0 Å². The number of carbonyl (C=O) groups excluding carboxylic acids is 1. The molecule has 0 bridgehead atoms. The Labute approximate surface area is 126 Å². The van der Waals surface area contributed by atoms with Crippen molar-refractivity contribution in [2.24, 2.45) is 0 Å². The van der Waals surface area contributed by atoms with E-state index in [1.165, 1.54) is 19.1 Å². The minimum atomic E-state index is -3.68. The van der Waals surface area contributed by atoms with E-state index in [0.29, 0.717) is 0 Å². The minimum Gasteiger partial charge on any atom is -0.299 e. The fourth-order valence-electron chi connectivity index (χ4n) is 1.52. The standard InChI is InChI=1S/C16H17NO3S/c1-4-12-17(13-6-5-7-15(3)18)21(19,20)16-10-8-14(2)9-11-16/h1,8-11H,7,12-13H2,2-3H3. The van der Waals surface area contributed by atoms with Crippen molar-refractivity contribution in [3.63, 3.8) is 0 Å². The van der Waals surface area contributed by atoms with Gasteiger partial charge in [-0.05, 0) is 26.0 Å². The van der Waals surface area contributed by atoms with Gasteiger partial charge in [0, 0.05) is 0 Å². The Balaban J connectivity index is 2.97. The number of terminal acetylenes is 1. The Hall–Kier alpha value is -2.08. The number of Topliss-reactive ketones (excluding diaryl/α,β-unsaturated/α-hetero) is 1. The lowest BCUT2D eigenvalue weighted by atomic mass is 10.2. The van der Waals surface area contributed by atoms with Crippen molar-refractivity contribution < 1.29 is 13.2 Å². The number of hydrogen-bond donors (Lipinski definition) is 0. The first-order valence-corrected chi connectivity index (χ1v) is 7.77. The maximum Gasteiger partial charge on any atom is 0.244 e.